The average Bonchev–Trinajstić information content (AvgIpc) is 2.69. The highest BCUT2D eigenvalue weighted by molar-refractivity contribution is 7.99. The number of nitrogens with one attached hydrogen (secondary N) is 1. The fourth-order valence-electron chi connectivity index (χ4n) is 2.36. The predicted octanol–water partition coefficient (Wildman–Crippen LogP) is 5.14. The highest BCUT2D eigenvalue weighted by Crippen LogP contribution is 2.28. The topological polar surface area (TPSA) is 67.2 Å². The third kappa shape index (κ3) is 7.20. The lowest BCUT2D eigenvalue weighted by Gasteiger charge is -2.03. The first-order valence-corrected chi connectivity index (χ1v) is 11.0. The van der Waals surface area contributed by atoms with Crippen LogP contribution in [0.1, 0.15) is 17.0 Å². The largest absolute Gasteiger partial charge is 0.272 e. The van der Waals surface area contributed by atoms with E-state index >= 15 is 0 Å². The second-order valence-corrected chi connectivity index (χ2v) is 8.67. The van der Waals surface area contributed by atoms with Crippen LogP contribution in [0.2, 0.25) is 5.02 Å². The number of carbonyl (C=O) groups excluding carboxylic acids is 1. The molecule has 8 heteroatoms. The van der Waals surface area contributed by atoms with E-state index in [1.54, 1.807) is 18.0 Å². The van der Waals surface area contributed by atoms with Gasteiger partial charge in [-0.05, 0) is 61.9 Å². The van der Waals surface area contributed by atoms with Crippen molar-refractivity contribution in [2.24, 2.45) is 5.10 Å². The first-order valence-electron chi connectivity index (χ1n) is 8.78. The summed E-state index contributed by atoms with van der Waals surface area (Å²) in [5.74, 6) is 0.000561. The number of halogens is 1. The van der Waals surface area contributed by atoms with Crippen LogP contribution in [0.15, 0.2) is 74.6 Å². The first kappa shape index (κ1) is 21.4. The standard InChI is InChI=1S/C21H19ClN4OS2/c1-14-11-15(2)25-21(24-14)28-13-20(27)26-23-12-16-3-7-18(8-4-16)29-19-9-5-17(22)6-10-19/h3-12H,13H2,1-2H3,(H,26,27). The normalized spacial score (nSPS) is 11.0. The van der Waals surface area contributed by atoms with Gasteiger partial charge in [0, 0.05) is 26.2 Å². The summed E-state index contributed by atoms with van der Waals surface area (Å²) >= 11 is 8.85. The molecule has 1 N–H and O–H groups in total. The van der Waals surface area contributed by atoms with Crippen molar-refractivity contribution >= 4 is 47.2 Å². The van der Waals surface area contributed by atoms with Gasteiger partial charge in [0.05, 0.1) is 12.0 Å². The minimum atomic E-state index is -0.205. The summed E-state index contributed by atoms with van der Waals surface area (Å²) in [6, 6.07) is 17.5. The second-order valence-electron chi connectivity index (χ2n) is 6.14. The van der Waals surface area contributed by atoms with E-state index in [1.165, 1.54) is 11.8 Å². The zero-order valence-electron chi connectivity index (χ0n) is 15.9. The zero-order valence-corrected chi connectivity index (χ0v) is 18.3. The number of amides is 1. The van der Waals surface area contributed by atoms with Gasteiger partial charge in [-0.3, -0.25) is 4.79 Å². The molecule has 0 unspecified atom stereocenters. The Morgan fingerprint density at radius 3 is 2.24 bits per heavy atom. The quantitative estimate of drug-likeness (QED) is 0.237. The van der Waals surface area contributed by atoms with Crippen molar-refractivity contribution in [1.82, 2.24) is 15.4 Å². The third-order valence-electron chi connectivity index (χ3n) is 3.63. The Morgan fingerprint density at radius 1 is 1.03 bits per heavy atom. The first-order chi connectivity index (χ1) is 14.0. The van der Waals surface area contributed by atoms with Crippen LogP contribution in [0.4, 0.5) is 0 Å². The maximum absolute atomic E-state index is 11.9. The van der Waals surface area contributed by atoms with Gasteiger partial charge in [-0.25, -0.2) is 15.4 Å². The molecule has 0 radical (unpaired) electrons. The van der Waals surface area contributed by atoms with Gasteiger partial charge in [-0.1, -0.05) is 47.3 Å². The Hall–Kier alpha value is -2.35. The van der Waals surface area contributed by atoms with Gasteiger partial charge in [0.1, 0.15) is 0 Å². The van der Waals surface area contributed by atoms with E-state index in [0.717, 1.165) is 31.8 Å². The predicted molar refractivity (Wildman–Crippen MR) is 120 cm³/mol. The number of carbonyl (C=O) groups is 1. The summed E-state index contributed by atoms with van der Waals surface area (Å²) in [5, 5.41) is 5.33. The number of rotatable bonds is 7. The minimum absolute atomic E-state index is 0.205. The molecular weight excluding hydrogens is 424 g/mol. The fourth-order valence-corrected chi connectivity index (χ4v) is 4.04. The highest BCUT2D eigenvalue weighted by Gasteiger charge is 2.05. The second kappa shape index (κ2) is 10.4. The molecule has 0 bridgehead atoms. The summed E-state index contributed by atoms with van der Waals surface area (Å²) < 4.78 is 0. The van der Waals surface area contributed by atoms with Crippen LogP contribution in [0.25, 0.3) is 0 Å². The maximum atomic E-state index is 11.9. The summed E-state index contributed by atoms with van der Waals surface area (Å²) in [5.41, 5.74) is 5.20. The van der Waals surface area contributed by atoms with E-state index in [4.69, 9.17) is 11.6 Å². The lowest BCUT2D eigenvalue weighted by atomic mass is 10.2. The van der Waals surface area contributed by atoms with Crippen molar-refractivity contribution in [3.63, 3.8) is 0 Å². The van der Waals surface area contributed by atoms with Gasteiger partial charge in [0.15, 0.2) is 5.16 Å². The average molecular weight is 443 g/mol. The van der Waals surface area contributed by atoms with Crippen LogP contribution in [0.3, 0.4) is 0 Å². The number of aromatic nitrogens is 2. The van der Waals surface area contributed by atoms with Crippen molar-refractivity contribution < 1.29 is 4.79 Å². The van der Waals surface area contributed by atoms with Gasteiger partial charge < -0.3 is 0 Å². The monoisotopic (exact) mass is 442 g/mol. The lowest BCUT2D eigenvalue weighted by Crippen LogP contribution is -2.19. The number of hydrazone groups is 1. The molecule has 5 nitrogen and oxygen atoms in total. The van der Waals surface area contributed by atoms with E-state index in [9.17, 15) is 4.79 Å². The molecule has 29 heavy (non-hydrogen) atoms. The number of thioether (sulfide) groups is 1. The molecule has 0 atom stereocenters. The van der Waals surface area contributed by atoms with Crippen LogP contribution in [-0.2, 0) is 4.79 Å². The summed E-state index contributed by atoms with van der Waals surface area (Å²) in [6.07, 6.45) is 1.62. The summed E-state index contributed by atoms with van der Waals surface area (Å²) in [4.78, 5) is 22.8. The van der Waals surface area contributed by atoms with Crippen LogP contribution < -0.4 is 5.43 Å². The molecule has 0 spiro atoms. The van der Waals surface area contributed by atoms with Gasteiger partial charge in [0.2, 0.25) is 0 Å². The van der Waals surface area contributed by atoms with E-state index in [-0.39, 0.29) is 11.7 Å². The van der Waals surface area contributed by atoms with E-state index < -0.39 is 0 Å². The fraction of sp³-hybridized carbons (Fsp3) is 0.143. The molecule has 0 aliphatic heterocycles. The Balaban J connectivity index is 1.47. The van der Waals surface area contributed by atoms with Crippen LogP contribution in [0.5, 0.6) is 0 Å². The summed E-state index contributed by atoms with van der Waals surface area (Å²) in [7, 11) is 0. The molecule has 0 aliphatic rings. The molecule has 0 fully saturated rings. The van der Waals surface area contributed by atoms with Gasteiger partial charge in [-0.15, -0.1) is 0 Å². The molecule has 1 amide bonds. The van der Waals surface area contributed by atoms with Gasteiger partial charge in [0.25, 0.3) is 5.91 Å². The Bertz CT molecular complexity index is 988. The van der Waals surface area contributed by atoms with Crippen LogP contribution >= 0.6 is 35.1 Å². The molecule has 0 aliphatic carbocycles. The SMILES string of the molecule is Cc1cc(C)nc(SCC(=O)NN=Cc2ccc(Sc3ccc(Cl)cc3)cc2)n1. The van der Waals surface area contributed by atoms with Gasteiger partial charge >= 0.3 is 0 Å². The molecule has 3 rings (SSSR count). The molecule has 2 aromatic carbocycles. The highest BCUT2D eigenvalue weighted by atomic mass is 35.5. The van der Waals surface area contributed by atoms with E-state index in [2.05, 4.69) is 20.5 Å². The lowest BCUT2D eigenvalue weighted by molar-refractivity contribution is -0.118. The third-order valence-corrected chi connectivity index (χ3v) is 5.74. The molecule has 1 heterocycles. The van der Waals surface area contributed by atoms with Crippen LogP contribution in [-0.4, -0.2) is 27.8 Å². The number of benzene rings is 2. The molecule has 148 valence electrons. The maximum Gasteiger partial charge on any atom is 0.250 e. The molecule has 3 aromatic rings. The van der Waals surface area contributed by atoms with E-state index in [0.29, 0.717) is 5.16 Å². The molecule has 0 saturated heterocycles. The Kier molecular flexibility index (Phi) is 7.69. The number of hydrogen-bond donors (Lipinski definition) is 1. The van der Waals surface area contributed by atoms with Crippen LogP contribution in [0, 0.1) is 13.8 Å². The molecule has 0 saturated carbocycles. The van der Waals surface area contributed by atoms with Crippen molar-refractivity contribution in [1.29, 1.82) is 0 Å². The minimum Gasteiger partial charge on any atom is -0.272 e. The smallest absolute Gasteiger partial charge is 0.250 e. The number of aryl methyl sites for hydroxylation is 2. The van der Waals surface area contributed by atoms with Crippen molar-refractivity contribution in [3.05, 3.63) is 76.6 Å². The van der Waals surface area contributed by atoms with E-state index in [1.807, 2.05) is 68.4 Å². The number of hydrogen-bond acceptors (Lipinski definition) is 6. The number of nitrogens with zero attached hydrogens (tertiary/aromatic N) is 3. The van der Waals surface area contributed by atoms with Crippen molar-refractivity contribution in [3.8, 4) is 0 Å². The Labute approximate surface area is 183 Å². The molecule has 1 aromatic heterocycles. The Morgan fingerprint density at radius 2 is 1.62 bits per heavy atom. The van der Waals surface area contributed by atoms with Crippen molar-refractivity contribution in [2.45, 2.75) is 28.8 Å². The summed E-state index contributed by atoms with van der Waals surface area (Å²) in [6.45, 7) is 3.81. The van der Waals surface area contributed by atoms with Crippen molar-refractivity contribution in [2.75, 3.05) is 5.75 Å². The van der Waals surface area contributed by atoms with Gasteiger partial charge in [-0.2, -0.15) is 5.10 Å². The zero-order chi connectivity index (χ0) is 20.6. The molecular formula is C21H19ClN4OS2.